The normalized spacial score (nSPS) is 26.2. The third kappa shape index (κ3) is 3.16. The Bertz CT molecular complexity index is 288. The Hall–Kier alpha value is -1.16. The van der Waals surface area contributed by atoms with E-state index < -0.39 is 0 Å². The minimum absolute atomic E-state index is 0.399. The Morgan fingerprint density at radius 2 is 2.40 bits per heavy atom. The van der Waals surface area contributed by atoms with Crippen LogP contribution < -0.4 is 11.1 Å². The Kier molecular flexibility index (Phi) is 3.50. The summed E-state index contributed by atoms with van der Waals surface area (Å²) in [6.07, 6.45) is 8.18. The fourth-order valence-corrected chi connectivity index (χ4v) is 2.16. The molecule has 82 valence electrons. The largest absolute Gasteiger partial charge is 0.370 e. The number of rotatable bonds is 3. The molecule has 1 heterocycles. The average molecular weight is 206 g/mol. The molecule has 2 atom stereocenters. The molecule has 15 heavy (non-hydrogen) atoms. The summed E-state index contributed by atoms with van der Waals surface area (Å²) in [5, 5.41) is 3.33. The van der Waals surface area contributed by atoms with E-state index >= 15 is 0 Å². The predicted octanol–water partition coefficient (Wildman–Crippen LogP) is 1.41. The summed E-state index contributed by atoms with van der Waals surface area (Å²) in [5.74, 6) is 1.60. The van der Waals surface area contributed by atoms with Crippen molar-refractivity contribution < 1.29 is 0 Å². The highest BCUT2D eigenvalue weighted by atomic mass is 15.0. The number of nitrogens with one attached hydrogen (secondary N) is 1. The van der Waals surface area contributed by atoms with E-state index in [1.54, 1.807) is 12.5 Å². The molecule has 0 radical (unpaired) electrons. The third-order valence-corrected chi connectivity index (χ3v) is 2.98. The number of nitrogens with two attached hydrogens (primary N) is 1. The van der Waals surface area contributed by atoms with Gasteiger partial charge < -0.3 is 11.1 Å². The summed E-state index contributed by atoms with van der Waals surface area (Å²) in [4.78, 5) is 8.01. The van der Waals surface area contributed by atoms with Gasteiger partial charge in [0.05, 0.1) is 0 Å². The maximum atomic E-state index is 5.94. The van der Waals surface area contributed by atoms with Crippen LogP contribution >= 0.6 is 0 Å². The van der Waals surface area contributed by atoms with Gasteiger partial charge in [0.25, 0.3) is 0 Å². The molecule has 0 amide bonds. The van der Waals surface area contributed by atoms with Crippen molar-refractivity contribution in [2.24, 2.45) is 11.7 Å². The van der Waals surface area contributed by atoms with Crippen molar-refractivity contribution in [1.29, 1.82) is 0 Å². The van der Waals surface area contributed by atoms with Crippen molar-refractivity contribution in [3.05, 3.63) is 18.6 Å². The Morgan fingerprint density at radius 1 is 1.47 bits per heavy atom. The van der Waals surface area contributed by atoms with Gasteiger partial charge in [-0.2, -0.15) is 0 Å². The van der Waals surface area contributed by atoms with Crippen LogP contribution in [0.5, 0.6) is 0 Å². The van der Waals surface area contributed by atoms with Gasteiger partial charge in [-0.3, -0.25) is 0 Å². The van der Waals surface area contributed by atoms with E-state index in [0.717, 1.165) is 18.8 Å². The lowest BCUT2D eigenvalue weighted by Crippen LogP contribution is -2.31. The average Bonchev–Trinajstić information content (AvgIpc) is 2.28. The Labute approximate surface area is 90.3 Å². The Balaban J connectivity index is 1.78. The van der Waals surface area contributed by atoms with Crippen LogP contribution in [0.4, 0.5) is 5.82 Å². The molecule has 0 bridgehead atoms. The summed E-state index contributed by atoms with van der Waals surface area (Å²) in [6.45, 7) is 0.977. The SMILES string of the molecule is NC1CCCC(CNc2ccncn2)C1. The molecule has 3 N–H and O–H groups in total. The van der Waals surface area contributed by atoms with Crippen LogP contribution in [-0.2, 0) is 0 Å². The summed E-state index contributed by atoms with van der Waals surface area (Å²) >= 11 is 0. The molecular formula is C11H18N4. The molecule has 4 heteroatoms. The van der Waals surface area contributed by atoms with Gasteiger partial charge in [0.1, 0.15) is 12.1 Å². The molecule has 4 nitrogen and oxygen atoms in total. The highest BCUT2D eigenvalue weighted by Gasteiger charge is 2.18. The number of anilines is 1. The van der Waals surface area contributed by atoms with Crippen LogP contribution in [0.25, 0.3) is 0 Å². The fraction of sp³-hybridized carbons (Fsp3) is 0.636. The second-order valence-electron chi connectivity index (χ2n) is 4.27. The summed E-state index contributed by atoms with van der Waals surface area (Å²) < 4.78 is 0. The minimum Gasteiger partial charge on any atom is -0.370 e. The lowest BCUT2D eigenvalue weighted by Gasteiger charge is -2.26. The van der Waals surface area contributed by atoms with Crippen LogP contribution in [-0.4, -0.2) is 22.6 Å². The summed E-state index contributed by atoms with van der Waals surface area (Å²) in [6, 6.07) is 2.29. The fourth-order valence-electron chi connectivity index (χ4n) is 2.16. The lowest BCUT2D eigenvalue weighted by atomic mass is 9.86. The van der Waals surface area contributed by atoms with Crippen molar-refractivity contribution in [2.75, 3.05) is 11.9 Å². The standard InChI is InChI=1S/C11H18N4/c12-10-3-1-2-9(6-10)7-14-11-4-5-13-8-15-11/h4-5,8-10H,1-3,6-7,12H2,(H,13,14,15). The quantitative estimate of drug-likeness (QED) is 0.784. The van der Waals surface area contributed by atoms with E-state index in [-0.39, 0.29) is 0 Å². The molecule has 0 spiro atoms. The van der Waals surface area contributed by atoms with Gasteiger partial charge in [0.15, 0.2) is 0 Å². The van der Waals surface area contributed by atoms with E-state index in [2.05, 4.69) is 15.3 Å². The van der Waals surface area contributed by atoms with Crippen LogP contribution in [0.2, 0.25) is 0 Å². The van der Waals surface area contributed by atoms with Gasteiger partial charge in [0.2, 0.25) is 0 Å². The second-order valence-corrected chi connectivity index (χ2v) is 4.27. The van der Waals surface area contributed by atoms with Crippen molar-refractivity contribution in [3.63, 3.8) is 0 Å². The Morgan fingerprint density at radius 3 is 3.13 bits per heavy atom. The molecule has 1 aromatic heterocycles. The zero-order valence-corrected chi connectivity index (χ0v) is 8.89. The molecular weight excluding hydrogens is 188 g/mol. The highest BCUT2D eigenvalue weighted by Crippen LogP contribution is 2.23. The molecule has 2 unspecified atom stereocenters. The molecule has 2 rings (SSSR count). The van der Waals surface area contributed by atoms with E-state index in [1.165, 1.54) is 19.3 Å². The lowest BCUT2D eigenvalue weighted by molar-refractivity contribution is 0.335. The van der Waals surface area contributed by atoms with E-state index in [4.69, 9.17) is 5.73 Å². The maximum absolute atomic E-state index is 5.94. The van der Waals surface area contributed by atoms with Gasteiger partial charge in [0, 0.05) is 18.8 Å². The first-order valence-electron chi connectivity index (χ1n) is 5.60. The van der Waals surface area contributed by atoms with Crippen LogP contribution in [0, 0.1) is 5.92 Å². The van der Waals surface area contributed by atoms with Gasteiger partial charge in [-0.15, -0.1) is 0 Å². The predicted molar refractivity (Wildman–Crippen MR) is 60.5 cm³/mol. The zero-order valence-electron chi connectivity index (χ0n) is 8.89. The number of hydrogen-bond acceptors (Lipinski definition) is 4. The van der Waals surface area contributed by atoms with Crippen molar-refractivity contribution in [1.82, 2.24) is 9.97 Å². The smallest absolute Gasteiger partial charge is 0.129 e. The monoisotopic (exact) mass is 206 g/mol. The first kappa shape index (κ1) is 10.4. The molecule has 1 saturated carbocycles. The zero-order chi connectivity index (χ0) is 10.5. The first-order chi connectivity index (χ1) is 7.34. The second kappa shape index (κ2) is 5.07. The van der Waals surface area contributed by atoms with E-state index in [9.17, 15) is 0 Å². The highest BCUT2D eigenvalue weighted by molar-refractivity contribution is 5.31. The molecule has 1 fully saturated rings. The molecule has 1 aliphatic rings. The van der Waals surface area contributed by atoms with E-state index in [1.807, 2.05) is 6.07 Å². The van der Waals surface area contributed by atoms with Gasteiger partial charge in [-0.25, -0.2) is 9.97 Å². The van der Waals surface area contributed by atoms with Crippen molar-refractivity contribution >= 4 is 5.82 Å². The minimum atomic E-state index is 0.399. The topological polar surface area (TPSA) is 63.8 Å². The number of aromatic nitrogens is 2. The molecule has 1 aliphatic carbocycles. The molecule has 0 aromatic carbocycles. The summed E-state index contributed by atoms with van der Waals surface area (Å²) in [5.41, 5.74) is 5.94. The van der Waals surface area contributed by atoms with Crippen LogP contribution in [0.15, 0.2) is 18.6 Å². The van der Waals surface area contributed by atoms with Crippen molar-refractivity contribution in [2.45, 2.75) is 31.7 Å². The maximum Gasteiger partial charge on any atom is 0.129 e. The molecule has 1 aromatic rings. The number of nitrogens with zero attached hydrogens (tertiary/aromatic N) is 2. The molecule has 0 saturated heterocycles. The third-order valence-electron chi connectivity index (χ3n) is 2.98. The van der Waals surface area contributed by atoms with Gasteiger partial charge in [-0.05, 0) is 31.2 Å². The van der Waals surface area contributed by atoms with Crippen LogP contribution in [0.1, 0.15) is 25.7 Å². The van der Waals surface area contributed by atoms with Gasteiger partial charge >= 0.3 is 0 Å². The van der Waals surface area contributed by atoms with Gasteiger partial charge in [-0.1, -0.05) is 6.42 Å². The van der Waals surface area contributed by atoms with E-state index in [0.29, 0.717) is 12.0 Å². The first-order valence-corrected chi connectivity index (χ1v) is 5.60. The van der Waals surface area contributed by atoms with Crippen molar-refractivity contribution in [3.8, 4) is 0 Å². The summed E-state index contributed by atoms with van der Waals surface area (Å²) in [7, 11) is 0. The molecule has 0 aliphatic heterocycles. The number of hydrogen-bond donors (Lipinski definition) is 2. The van der Waals surface area contributed by atoms with Crippen LogP contribution in [0.3, 0.4) is 0 Å².